The number of halogens is 2. The van der Waals surface area contributed by atoms with Crippen LogP contribution in [0.4, 0.5) is 5.00 Å². The molecular formula is C15H15BrClN3OS. The first-order valence-electron chi connectivity index (χ1n) is 6.77. The Morgan fingerprint density at radius 1 is 1.27 bits per heavy atom. The zero-order valence-corrected chi connectivity index (χ0v) is 15.0. The van der Waals surface area contributed by atoms with Gasteiger partial charge < -0.3 is 26.6 Å². The van der Waals surface area contributed by atoms with Gasteiger partial charge in [0.15, 0.2) is 22.7 Å². The van der Waals surface area contributed by atoms with Crippen LogP contribution in [-0.2, 0) is 11.3 Å². The summed E-state index contributed by atoms with van der Waals surface area (Å²) in [6, 6.07) is 10.0. The van der Waals surface area contributed by atoms with Gasteiger partial charge in [-0.3, -0.25) is 0 Å². The molecular weight excluding hydrogens is 386 g/mol. The molecule has 1 aliphatic rings. The second-order valence-corrected chi connectivity index (χ2v) is 6.25. The molecule has 1 aliphatic heterocycles. The molecule has 1 aromatic heterocycles. The first-order valence-corrected chi connectivity index (χ1v) is 7.92. The number of morpholine rings is 1. The molecule has 0 atom stereocenters. The molecule has 0 unspecified atom stereocenters. The SMILES string of the molecule is N#CC[n+]1cc(-c2ccc(Cl)cc2)c(N2CCOCC2)s1.[Br-]. The minimum absolute atomic E-state index is 0. The van der Waals surface area contributed by atoms with Crippen LogP contribution in [0.2, 0.25) is 5.02 Å². The molecule has 0 radical (unpaired) electrons. The van der Waals surface area contributed by atoms with Crippen molar-refractivity contribution in [3.63, 3.8) is 0 Å². The maximum absolute atomic E-state index is 8.92. The van der Waals surface area contributed by atoms with E-state index >= 15 is 0 Å². The van der Waals surface area contributed by atoms with Crippen LogP contribution in [0.3, 0.4) is 0 Å². The van der Waals surface area contributed by atoms with Gasteiger partial charge in [0.05, 0.1) is 18.8 Å². The van der Waals surface area contributed by atoms with Gasteiger partial charge in [0.2, 0.25) is 6.54 Å². The maximum Gasteiger partial charge on any atom is 0.247 e. The number of hydrogen-bond donors (Lipinski definition) is 0. The molecule has 1 aromatic carbocycles. The first-order chi connectivity index (χ1) is 10.3. The van der Waals surface area contributed by atoms with Gasteiger partial charge in [-0.2, -0.15) is 5.26 Å². The van der Waals surface area contributed by atoms with Crippen LogP contribution in [0.15, 0.2) is 30.5 Å². The number of anilines is 1. The summed E-state index contributed by atoms with van der Waals surface area (Å²) >= 11 is 7.59. The third-order valence-electron chi connectivity index (χ3n) is 3.39. The predicted molar refractivity (Wildman–Crippen MR) is 83.6 cm³/mol. The topological polar surface area (TPSA) is 40.1 Å². The molecule has 0 aliphatic carbocycles. The van der Waals surface area contributed by atoms with E-state index in [1.54, 1.807) is 11.5 Å². The summed E-state index contributed by atoms with van der Waals surface area (Å²) in [5.74, 6) is 0. The summed E-state index contributed by atoms with van der Waals surface area (Å²) < 4.78 is 7.39. The van der Waals surface area contributed by atoms with Gasteiger partial charge in [-0.05, 0) is 17.7 Å². The van der Waals surface area contributed by atoms with E-state index in [2.05, 4.69) is 11.0 Å². The Bertz CT molecular complexity index is 662. The number of hydrogen-bond acceptors (Lipinski definition) is 4. The van der Waals surface area contributed by atoms with Crippen LogP contribution in [0, 0.1) is 11.3 Å². The van der Waals surface area contributed by atoms with Crippen LogP contribution in [-0.4, -0.2) is 26.3 Å². The van der Waals surface area contributed by atoms with Gasteiger partial charge in [-0.25, -0.2) is 0 Å². The molecule has 0 saturated carbocycles. The maximum atomic E-state index is 8.92. The van der Waals surface area contributed by atoms with Gasteiger partial charge >= 0.3 is 0 Å². The standard InChI is InChI=1S/C15H15ClN3OS.BrH/c16-13-3-1-12(2-4-13)14-11-19(6-5-17)21-15(14)18-7-9-20-10-8-18;/h1-4,11H,6-10H2;1H/q+1;/p-1. The minimum Gasteiger partial charge on any atom is -1.00 e. The van der Waals surface area contributed by atoms with Crippen molar-refractivity contribution in [1.82, 2.24) is 0 Å². The molecule has 4 nitrogen and oxygen atoms in total. The Kier molecular flexibility index (Phi) is 6.21. The van der Waals surface area contributed by atoms with Crippen molar-refractivity contribution in [2.75, 3.05) is 31.2 Å². The van der Waals surface area contributed by atoms with Crippen molar-refractivity contribution >= 4 is 28.1 Å². The smallest absolute Gasteiger partial charge is 0.247 e. The van der Waals surface area contributed by atoms with E-state index in [1.807, 2.05) is 34.4 Å². The lowest BCUT2D eigenvalue weighted by molar-refractivity contribution is -0.615. The van der Waals surface area contributed by atoms with Gasteiger partial charge in [0.25, 0.3) is 0 Å². The van der Waals surface area contributed by atoms with E-state index in [0.717, 1.165) is 42.5 Å². The lowest BCUT2D eigenvalue weighted by Crippen LogP contribution is -3.00. The molecule has 2 aromatic rings. The average molecular weight is 401 g/mol. The van der Waals surface area contributed by atoms with Gasteiger partial charge in [0.1, 0.15) is 6.07 Å². The molecule has 2 heterocycles. The summed E-state index contributed by atoms with van der Waals surface area (Å²) in [5, 5.41) is 10.8. The molecule has 7 heteroatoms. The molecule has 22 heavy (non-hydrogen) atoms. The molecule has 116 valence electrons. The van der Waals surface area contributed by atoms with E-state index in [0.29, 0.717) is 6.54 Å². The monoisotopic (exact) mass is 399 g/mol. The van der Waals surface area contributed by atoms with E-state index in [1.165, 1.54) is 5.00 Å². The highest BCUT2D eigenvalue weighted by Gasteiger charge is 2.24. The van der Waals surface area contributed by atoms with Crippen LogP contribution < -0.4 is 25.8 Å². The zero-order valence-electron chi connectivity index (χ0n) is 11.8. The summed E-state index contributed by atoms with van der Waals surface area (Å²) in [6.45, 7) is 3.63. The summed E-state index contributed by atoms with van der Waals surface area (Å²) in [6.07, 6.45) is 2.04. The quantitative estimate of drug-likeness (QED) is 0.666. The minimum atomic E-state index is 0. The number of nitrogens with zero attached hydrogens (tertiary/aromatic N) is 3. The van der Waals surface area contributed by atoms with Crippen molar-refractivity contribution in [3.8, 4) is 17.2 Å². The number of aromatic nitrogens is 1. The predicted octanol–water partition coefficient (Wildman–Crippen LogP) is -0.280. The van der Waals surface area contributed by atoms with E-state index in [9.17, 15) is 0 Å². The molecule has 3 rings (SSSR count). The Morgan fingerprint density at radius 2 is 1.95 bits per heavy atom. The summed E-state index contributed by atoms with van der Waals surface area (Å²) in [5.41, 5.74) is 2.27. The largest absolute Gasteiger partial charge is 1.00 e. The normalized spacial score (nSPS) is 14.3. The Morgan fingerprint density at radius 3 is 2.59 bits per heavy atom. The number of benzene rings is 1. The number of rotatable bonds is 3. The highest BCUT2D eigenvalue weighted by Crippen LogP contribution is 2.34. The van der Waals surface area contributed by atoms with Gasteiger partial charge in [-0.15, -0.1) is 3.96 Å². The fourth-order valence-electron chi connectivity index (χ4n) is 2.36. The second kappa shape index (κ2) is 7.93. The lowest BCUT2D eigenvalue weighted by Gasteiger charge is -2.26. The third kappa shape index (κ3) is 3.79. The highest BCUT2D eigenvalue weighted by molar-refractivity contribution is 7.07. The molecule has 1 saturated heterocycles. The highest BCUT2D eigenvalue weighted by atomic mass is 79.9. The Labute approximate surface area is 149 Å². The Balaban J connectivity index is 0.00000176. The van der Waals surface area contributed by atoms with Gasteiger partial charge in [-0.1, -0.05) is 23.7 Å². The van der Waals surface area contributed by atoms with Crippen molar-refractivity contribution in [1.29, 1.82) is 5.26 Å². The Hall–Kier alpha value is -1.13. The fourth-order valence-corrected chi connectivity index (χ4v) is 3.55. The fraction of sp³-hybridized carbons (Fsp3) is 0.333. The van der Waals surface area contributed by atoms with E-state index < -0.39 is 0 Å². The van der Waals surface area contributed by atoms with Crippen LogP contribution in [0.25, 0.3) is 11.1 Å². The molecule has 0 amide bonds. The van der Waals surface area contributed by atoms with E-state index in [4.69, 9.17) is 21.6 Å². The third-order valence-corrected chi connectivity index (χ3v) is 4.76. The average Bonchev–Trinajstić information content (AvgIpc) is 2.93. The first kappa shape index (κ1) is 17.2. The zero-order chi connectivity index (χ0) is 14.7. The summed E-state index contributed by atoms with van der Waals surface area (Å²) in [4.78, 5) is 2.33. The molecule has 0 spiro atoms. The molecule has 0 N–H and O–H groups in total. The van der Waals surface area contributed by atoms with Crippen LogP contribution in [0.5, 0.6) is 0 Å². The summed E-state index contributed by atoms with van der Waals surface area (Å²) in [7, 11) is 0. The van der Waals surface area contributed by atoms with E-state index in [-0.39, 0.29) is 17.0 Å². The number of ether oxygens (including phenoxy) is 1. The lowest BCUT2D eigenvalue weighted by atomic mass is 10.1. The molecule has 1 fully saturated rings. The van der Waals surface area contributed by atoms with Crippen LogP contribution >= 0.6 is 23.1 Å². The van der Waals surface area contributed by atoms with Crippen molar-refractivity contribution < 1.29 is 25.7 Å². The van der Waals surface area contributed by atoms with Crippen LogP contribution in [0.1, 0.15) is 0 Å². The number of nitriles is 1. The van der Waals surface area contributed by atoms with Crippen molar-refractivity contribution in [3.05, 3.63) is 35.5 Å². The van der Waals surface area contributed by atoms with Gasteiger partial charge in [0, 0.05) is 18.1 Å². The molecule has 0 bridgehead atoms. The second-order valence-electron chi connectivity index (χ2n) is 4.78. The van der Waals surface area contributed by atoms with Crippen molar-refractivity contribution in [2.24, 2.45) is 0 Å². The van der Waals surface area contributed by atoms with Crippen molar-refractivity contribution in [2.45, 2.75) is 6.54 Å².